The number of aromatic carboxylic acids is 1. The normalized spacial score (nSPS) is 11.5. The van der Waals surface area contributed by atoms with Gasteiger partial charge in [0, 0.05) is 18.5 Å². The lowest BCUT2D eigenvalue weighted by atomic mass is 10.0. The lowest BCUT2D eigenvalue weighted by molar-refractivity contribution is -0.124. The summed E-state index contributed by atoms with van der Waals surface area (Å²) >= 11 is 0. The molecule has 29 heavy (non-hydrogen) atoms. The van der Waals surface area contributed by atoms with Crippen molar-refractivity contribution >= 4 is 28.0 Å². The van der Waals surface area contributed by atoms with E-state index in [0.29, 0.717) is 16.7 Å². The van der Waals surface area contributed by atoms with Gasteiger partial charge in [0.2, 0.25) is 0 Å². The van der Waals surface area contributed by atoms with Crippen molar-refractivity contribution in [2.75, 3.05) is 0 Å². The zero-order valence-corrected chi connectivity index (χ0v) is 15.7. The van der Waals surface area contributed by atoms with E-state index in [1.165, 1.54) is 54.3 Å². The van der Waals surface area contributed by atoms with Gasteiger partial charge in [-0.05, 0) is 53.1 Å². The molecule has 1 heterocycles. The van der Waals surface area contributed by atoms with Crippen LogP contribution in [0.1, 0.15) is 15.9 Å². The largest absolute Gasteiger partial charge is 0.478 e. The summed E-state index contributed by atoms with van der Waals surface area (Å²) in [5, 5.41) is 17.6. The van der Waals surface area contributed by atoms with Crippen molar-refractivity contribution in [3.8, 4) is 11.1 Å². The maximum absolute atomic E-state index is 12.8. The molecule has 8 nitrogen and oxygen atoms in total. The van der Waals surface area contributed by atoms with Crippen molar-refractivity contribution < 1.29 is 28.3 Å². The molecule has 9 heteroatoms. The van der Waals surface area contributed by atoms with Gasteiger partial charge in [-0.15, -0.1) is 0 Å². The minimum Gasteiger partial charge on any atom is -0.478 e. The number of carboxylic acid groups (broad SMARTS) is 1. The maximum atomic E-state index is 12.8. The molecule has 0 radical (unpaired) electrons. The Bertz CT molecular complexity index is 1190. The Labute approximate surface area is 166 Å². The first-order valence-electron chi connectivity index (χ1n) is 8.31. The van der Waals surface area contributed by atoms with E-state index in [1.54, 1.807) is 24.3 Å². The molecule has 0 saturated carbocycles. The Kier molecular flexibility index (Phi) is 5.62. The van der Waals surface area contributed by atoms with Gasteiger partial charge in [0.1, 0.15) is 0 Å². The van der Waals surface area contributed by atoms with Crippen LogP contribution < -0.4 is 5.48 Å². The second-order valence-electron chi connectivity index (χ2n) is 6.00. The van der Waals surface area contributed by atoms with Crippen LogP contribution in [-0.4, -0.2) is 34.6 Å². The van der Waals surface area contributed by atoms with E-state index in [0.717, 1.165) is 10.0 Å². The number of hydroxylamine groups is 1. The third kappa shape index (κ3) is 4.42. The summed E-state index contributed by atoms with van der Waals surface area (Å²) in [7, 11) is -3.84. The molecule has 0 aliphatic carbocycles. The number of hydrogen-bond donors (Lipinski definition) is 3. The number of hydrogen-bond acceptors (Lipinski definition) is 5. The van der Waals surface area contributed by atoms with Gasteiger partial charge in [-0.2, -0.15) is 0 Å². The first-order valence-corrected chi connectivity index (χ1v) is 9.75. The predicted octanol–water partition coefficient (Wildman–Crippen LogP) is 2.61. The lowest BCUT2D eigenvalue weighted by Crippen LogP contribution is -2.14. The summed E-state index contributed by atoms with van der Waals surface area (Å²) in [5.74, 6) is -1.77. The minimum absolute atomic E-state index is 0.0508. The second kappa shape index (κ2) is 8.13. The van der Waals surface area contributed by atoms with Crippen molar-refractivity contribution in [1.29, 1.82) is 0 Å². The average molecular weight is 412 g/mol. The zero-order valence-electron chi connectivity index (χ0n) is 14.9. The zero-order chi connectivity index (χ0) is 21.0. The van der Waals surface area contributed by atoms with E-state index >= 15 is 0 Å². The number of amides is 1. The van der Waals surface area contributed by atoms with Crippen LogP contribution in [-0.2, 0) is 14.8 Å². The highest BCUT2D eigenvalue weighted by molar-refractivity contribution is 7.90. The predicted molar refractivity (Wildman–Crippen MR) is 105 cm³/mol. The molecule has 3 aromatic rings. The Morgan fingerprint density at radius 1 is 1.00 bits per heavy atom. The Morgan fingerprint density at radius 2 is 1.72 bits per heavy atom. The highest BCUT2D eigenvalue weighted by Crippen LogP contribution is 2.24. The van der Waals surface area contributed by atoms with Gasteiger partial charge in [0.25, 0.3) is 15.9 Å². The molecule has 0 bridgehead atoms. The van der Waals surface area contributed by atoms with Crippen LogP contribution in [0.2, 0.25) is 0 Å². The fourth-order valence-corrected chi connectivity index (χ4v) is 3.83. The van der Waals surface area contributed by atoms with Gasteiger partial charge in [0.15, 0.2) is 0 Å². The molecular weight excluding hydrogens is 396 g/mol. The van der Waals surface area contributed by atoms with E-state index in [9.17, 15) is 18.0 Å². The van der Waals surface area contributed by atoms with Gasteiger partial charge in [-0.3, -0.25) is 10.0 Å². The fraction of sp³-hybridized carbons (Fsp3) is 0. The molecule has 0 atom stereocenters. The number of aromatic nitrogens is 1. The molecule has 1 aromatic heterocycles. The van der Waals surface area contributed by atoms with E-state index in [1.807, 2.05) is 0 Å². The highest BCUT2D eigenvalue weighted by Gasteiger charge is 2.16. The molecule has 0 aliphatic heterocycles. The summed E-state index contributed by atoms with van der Waals surface area (Å²) in [4.78, 5) is 22.2. The van der Waals surface area contributed by atoms with Gasteiger partial charge in [-0.1, -0.05) is 24.3 Å². The second-order valence-corrected chi connectivity index (χ2v) is 7.84. The van der Waals surface area contributed by atoms with Crippen LogP contribution in [0.5, 0.6) is 0 Å². The van der Waals surface area contributed by atoms with Crippen molar-refractivity contribution in [3.63, 3.8) is 0 Å². The van der Waals surface area contributed by atoms with Gasteiger partial charge in [0.05, 0.1) is 10.5 Å². The van der Waals surface area contributed by atoms with Crippen molar-refractivity contribution in [3.05, 3.63) is 84.2 Å². The number of nitrogens with zero attached hydrogens (tertiary/aromatic N) is 1. The first kappa shape index (κ1) is 20.1. The van der Waals surface area contributed by atoms with Gasteiger partial charge < -0.3 is 5.11 Å². The quantitative estimate of drug-likeness (QED) is 0.325. The summed E-state index contributed by atoms with van der Waals surface area (Å²) in [6.45, 7) is 0. The van der Waals surface area contributed by atoms with Crippen molar-refractivity contribution in [2.45, 2.75) is 4.90 Å². The Morgan fingerprint density at radius 3 is 2.38 bits per heavy atom. The molecule has 0 aliphatic rings. The summed E-state index contributed by atoms with van der Waals surface area (Å²) < 4.78 is 26.6. The third-order valence-corrected chi connectivity index (χ3v) is 5.75. The van der Waals surface area contributed by atoms with Gasteiger partial charge in [-0.25, -0.2) is 22.7 Å². The number of benzene rings is 2. The standard InChI is InChI=1S/C20H16N2O6S/c23-19(21-26)9-4-14-10-11-22(13-14)29(27,28)18-7-5-15(6-8-18)16-2-1-3-17(12-16)20(24)25/h1-13,26H,(H,21,23)(H,24,25). The van der Waals surface area contributed by atoms with Crippen LogP contribution in [0.4, 0.5) is 0 Å². The summed E-state index contributed by atoms with van der Waals surface area (Å²) in [6.07, 6.45) is 5.10. The highest BCUT2D eigenvalue weighted by atomic mass is 32.2. The number of carbonyl (C=O) groups is 2. The van der Waals surface area contributed by atoms with Crippen LogP contribution >= 0.6 is 0 Å². The van der Waals surface area contributed by atoms with Crippen LogP contribution in [0.15, 0.2) is 78.0 Å². The lowest BCUT2D eigenvalue weighted by Gasteiger charge is -2.08. The molecule has 0 saturated heterocycles. The first-order chi connectivity index (χ1) is 13.8. The molecule has 3 N–H and O–H groups in total. The van der Waals surface area contributed by atoms with Crippen LogP contribution in [0, 0.1) is 0 Å². The van der Waals surface area contributed by atoms with Gasteiger partial charge >= 0.3 is 5.97 Å². The number of carboxylic acids is 1. The summed E-state index contributed by atoms with van der Waals surface area (Å²) in [5.41, 5.74) is 3.38. The van der Waals surface area contributed by atoms with E-state index in [4.69, 9.17) is 10.3 Å². The molecule has 2 aromatic carbocycles. The minimum atomic E-state index is -3.84. The molecule has 148 valence electrons. The molecule has 3 rings (SSSR count). The number of carbonyl (C=O) groups excluding carboxylic acids is 1. The Hall–Kier alpha value is -3.69. The summed E-state index contributed by atoms with van der Waals surface area (Å²) in [6, 6.07) is 13.9. The van der Waals surface area contributed by atoms with Crippen molar-refractivity contribution in [2.24, 2.45) is 0 Å². The van der Waals surface area contributed by atoms with Crippen molar-refractivity contribution in [1.82, 2.24) is 9.45 Å². The SMILES string of the molecule is O=C(C=Cc1ccn(S(=O)(=O)c2ccc(-c3cccc(C(=O)O)c3)cc2)c1)NO. The van der Waals surface area contributed by atoms with E-state index in [-0.39, 0.29) is 10.5 Å². The topological polar surface area (TPSA) is 126 Å². The van der Waals surface area contributed by atoms with Crippen LogP contribution in [0.25, 0.3) is 17.2 Å². The smallest absolute Gasteiger partial charge is 0.335 e. The Balaban J connectivity index is 1.86. The fourth-order valence-electron chi connectivity index (χ4n) is 2.62. The molecule has 0 unspecified atom stereocenters. The van der Waals surface area contributed by atoms with E-state index < -0.39 is 21.9 Å². The maximum Gasteiger partial charge on any atom is 0.335 e. The number of rotatable bonds is 6. The monoisotopic (exact) mass is 412 g/mol. The molecule has 0 fully saturated rings. The number of nitrogens with one attached hydrogen (secondary N) is 1. The molecular formula is C20H16N2O6S. The third-order valence-electron chi connectivity index (χ3n) is 4.10. The molecule has 0 spiro atoms. The average Bonchev–Trinajstić information content (AvgIpc) is 3.22. The van der Waals surface area contributed by atoms with Crippen LogP contribution in [0.3, 0.4) is 0 Å². The van der Waals surface area contributed by atoms with E-state index in [2.05, 4.69) is 0 Å². The molecule has 1 amide bonds.